The number of β-amino-alcohol motifs (C(OH)–C–C–N with tert-alkyl or cyclic N) is 1. The molecule has 1 aromatic rings. The minimum absolute atomic E-state index is 0.0318. The monoisotopic (exact) mass is 358 g/mol. The van der Waals surface area contributed by atoms with E-state index >= 15 is 0 Å². The van der Waals surface area contributed by atoms with Crippen LogP contribution in [0.3, 0.4) is 0 Å². The molecule has 0 spiro atoms. The van der Waals surface area contributed by atoms with E-state index in [1.165, 1.54) is 0 Å². The third kappa shape index (κ3) is 4.45. The van der Waals surface area contributed by atoms with Gasteiger partial charge in [-0.3, -0.25) is 4.90 Å². The van der Waals surface area contributed by atoms with Crippen molar-refractivity contribution in [2.45, 2.75) is 13.0 Å². The normalized spacial score (nSPS) is 23.3. The maximum Gasteiger partial charge on any atom is 0.317 e. The van der Waals surface area contributed by atoms with Gasteiger partial charge in [0.25, 0.3) is 0 Å². The van der Waals surface area contributed by atoms with Crippen LogP contribution < -0.4 is 10.1 Å². The van der Waals surface area contributed by atoms with Gasteiger partial charge in [-0.2, -0.15) is 5.26 Å². The van der Waals surface area contributed by atoms with Gasteiger partial charge in [0.2, 0.25) is 0 Å². The summed E-state index contributed by atoms with van der Waals surface area (Å²) >= 11 is 0. The Bertz CT molecular complexity index is 644. The van der Waals surface area contributed by atoms with Gasteiger partial charge in [-0.25, -0.2) is 4.79 Å². The van der Waals surface area contributed by atoms with E-state index in [9.17, 15) is 9.90 Å². The Labute approximate surface area is 154 Å². The molecule has 3 rings (SSSR count). The molecule has 0 saturated carbocycles. The number of rotatable bonds is 6. The summed E-state index contributed by atoms with van der Waals surface area (Å²) in [5.74, 6) is 1.63. The fraction of sp³-hybridized carbons (Fsp3) is 0.579. The summed E-state index contributed by atoms with van der Waals surface area (Å²) in [6.45, 7) is 6.80. The van der Waals surface area contributed by atoms with Gasteiger partial charge >= 0.3 is 6.03 Å². The van der Waals surface area contributed by atoms with Gasteiger partial charge in [0, 0.05) is 39.3 Å². The number of nitrogens with zero attached hydrogens (tertiary/aromatic N) is 3. The topological polar surface area (TPSA) is 88.8 Å². The van der Waals surface area contributed by atoms with Crippen molar-refractivity contribution in [1.29, 1.82) is 5.26 Å². The van der Waals surface area contributed by atoms with Crippen LogP contribution in [0.1, 0.15) is 12.5 Å². The first-order chi connectivity index (χ1) is 12.6. The summed E-state index contributed by atoms with van der Waals surface area (Å²) in [5, 5.41) is 21.9. The number of urea groups is 1. The van der Waals surface area contributed by atoms with Crippen LogP contribution in [0, 0.1) is 23.2 Å². The number of nitrogens with one attached hydrogen (secondary N) is 1. The molecule has 3 atom stereocenters. The zero-order valence-electron chi connectivity index (χ0n) is 15.1. The SMILES string of the molecule is CCNC(=O)N1CC2CN(C[C@H](O)COc3ccc(C#N)cc3)CC2C1. The standard InChI is InChI=1S/C19H26N4O3/c1-2-21-19(25)23-10-15-8-22(9-16(15)11-23)12-17(24)13-26-18-5-3-14(7-20)4-6-18/h3-6,15-17,24H,2,8-13H2,1H3,(H,21,25)/t15?,16?,17-/m0/s1. The van der Waals surface area contributed by atoms with Gasteiger partial charge in [0.1, 0.15) is 18.5 Å². The molecule has 0 aromatic heterocycles. The number of aliphatic hydroxyl groups is 1. The molecule has 2 N–H and O–H groups in total. The zero-order chi connectivity index (χ0) is 18.5. The van der Waals surface area contributed by atoms with Gasteiger partial charge in [-0.1, -0.05) is 0 Å². The number of ether oxygens (including phenoxy) is 1. The van der Waals surface area contributed by atoms with E-state index in [1.807, 2.05) is 11.8 Å². The molecule has 26 heavy (non-hydrogen) atoms. The maximum absolute atomic E-state index is 11.9. The lowest BCUT2D eigenvalue weighted by Gasteiger charge is -2.23. The molecule has 7 heteroatoms. The smallest absolute Gasteiger partial charge is 0.317 e. The summed E-state index contributed by atoms with van der Waals surface area (Å²) in [7, 11) is 0. The maximum atomic E-state index is 11.9. The van der Waals surface area contributed by atoms with Crippen molar-refractivity contribution in [3.63, 3.8) is 0 Å². The predicted octanol–water partition coefficient (Wildman–Crippen LogP) is 0.891. The summed E-state index contributed by atoms with van der Waals surface area (Å²) in [4.78, 5) is 16.1. The van der Waals surface area contributed by atoms with Crippen LogP contribution in [-0.4, -0.2) is 72.9 Å². The lowest BCUT2D eigenvalue weighted by Crippen LogP contribution is -2.41. The highest BCUT2D eigenvalue weighted by Gasteiger charge is 2.41. The van der Waals surface area contributed by atoms with Gasteiger partial charge in [0.05, 0.1) is 11.6 Å². The number of fused-ring (bicyclic) bond motifs is 1. The van der Waals surface area contributed by atoms with Crippen molar-refractivity contribution in [2.75, 3.05) is 45.9 Å². The summed E-state index contributed by atoms with van der Waals surface area (Å²) in [6.07, 6.45) is -0.566. The minimum atomic E-state index is -0.566. The van der Waals surface area contributed by atoms with Gasteiger partial charge in [-0.05, 0) is 43.0 Å². The Morgan fingerprint density at radius 1 is 1.31 bits per heavy atom. The summed E-state index contributed by atoms with van der Waals surface area (Å²) in [6, 6.07) is 8.97. The fourth-order valence-corrected chi connectivity index (χ4v) is 3.84. The summed E-state index contributed by atoms with van der Waals surface area (Å²) in [5.41, 5.74) is 0.586. The van der Waals surface area contributed by atoms with Crippen molar-refractivity contribution >= 4 is 6.03 Å². The van der Waals surface area contributed by atoms with E-state index in [4.69, 9.17) is 10.00 Å². The van der Waals surface area contributed by atoms with E-state index in [1.54, 1.807) is 24.3 Å². The Morgan fingerprint density at radius 3 is 2.54 bits per heavy atom. The first-order valence-electron chi connectivity index (χ1n) is 9.15. The Balaban J connectivity index is 1.39. The average Bonchev–Trinajstić information content (AvgIpc) is 3.19. The summed E-state index contributed by atoms with van der Waals surface area (Å²) < 4.78 is 5.60. The number of hydrogen-bond donors (Lipinski definition) is 2. The van der Waals surface area contributed by atoms with Crippen molar-refractivity contribution < 1.29 is 14.6 Å². The van der Waals surface area contributed by atoms with E-state index < -0.39 is 6.10 Å². The molecule has 7 nitrogen and oxygen atoms in total. The number of carbonyl (C=O) groups excluding carboxylic acids is 1. The molecular weight excluding hydrogens is 332 g/mol. The molecule has 2 unspecified atom stereocenters. The van der Waals surface area contributed by atoms with E-state index in [-0.39, 0.29) is 12.6 Å². The molecule has 0 bridgehead atoms. The number of amides is 2. The third-order valence-corrected chi connectivity index (χ3v) is 5.07. The molecule has 2 aliphatic heterocycles. The molecule has 2 amide bonds. The van der Waals surface area contributed by atoms with Crippen LogP contribution in [0.25, 0.3) is 0 Å². The first kappa shape index (κ1) is 18.5. The minimum Gasteiger partial charge on any atom is -0.491 e. The lowest BCUT2D eigenvalue weighted by molar-refractivity contribution is 0.0724. The molecule has 2 saturated heterocycles. The van der Waals surface area contributed by atoms with Crippen LogP contribution in [0.2, 0.25) is 0 Å². The van der Waals surface area contributed by atoms with Gasteiger partial charge in [0.15, 0.2) is 0 Å². The number of carbonyl (C=O) groups is 1. The van der Waals surface area contributed by atoms with Crippen LogP contribution >= 0.6 is 0 Å². The number of likely N-dealkylation sites (tertiary alicyclic amines) is 2. The second-order valence-electron chi connectivity index (χ2n) is 7.08. The van der Waals surface area contributed by atoms with Crippen molar-refractivity contribution in [1.82, 2.24) is 15.1 Å². The number of nitriles is 1. The molecule has 0 aliphatic carbocycles. The molecular formula is C19H26N4O3. The highest BCUT2D eigenvalue weighted by molar-refractivity contribution is 5.74. The van der Waals surface area contributed by atoms with Crippen LogP contribution in [-0.2, 0) is 0 Å². The highest BCUT2D eigenvalue weighted by atomic mass is 16.5. The van der Waals surface area contributed by atoms with E-state index in [2.05, 4.69) is 16.3 Å². The van der Waals surface area contributed by atoms with Crippen LogP contribution in [0.5, 0.6) is 5.75 Å². The molecule has 2 fully saturated rings. The molecule has 1 aromatic carbocycles. The van der Waals surface area contributed by atoms with Crippen molar-refractivity contribution in [2.24, 2.45) is 11.8 Å². The molecule has 2 aliphatic rings. The van der Waals surface area contributed by atoms with Gasteiger partial charge < -0.3 is 20.1 Å². The van der Waals surface area contributed by atoms with Gasteiger partial charge in [-0.15, -0.1) is 0 Å². The van der Waals surface area contributed by atoms with Crippen LogP contribution in [0.4, 0.5) is 4.79 Å². The zero-order valence-corrected chi connectivity index (χ0v) is 15.1. The Hall–Kier alpha value is -2.30. The van der Waals surface area contributed by atoms with Crippen molar-refractivity contribution in [3.8, 4) is 11.8 Å². The largest absolute Gasteiger partial charge is 0.491 e. The molecule has 2 heterocycles. The van der Waals surface area contributed by atoms with E-state index in [0.717, 1.165) is 26.2 Å². The third-order valence-electron chi connectivity index (χ3n) is 5.07. The Kier molecular flexibility index (Phi) is 5.96. The van der Waals surface area contributed by atoms with Crippen molar-refractivity contribution in [3.05, 3.63) is 29.8 Å². The Morgan fingerprint density at radius 2 is 1.96 bits per heavy atom. The number of benzene rings is 1. The quantitative estimate of drug-likeness (QED) is 0.788. The lowest BCUT2D eigenvalue weighted by atomic mass is 10.0. The average molecular weight is 358 g/mol. The second-order valence-corrected chi connectivity index (χ2v) is 7.08. The number of aliphatic hydroxyl groups excluding tert-OH is 1. The molecule has 140 valence electrons. The number of hydrogen-bond acceptors (Lipinski definition) is 5. The highest BCUT2D eigenvalue weighted by Crippen LogP contribution is 2.31. The fourth-order valence-electron chi connectivity index (χ4n) is 3.84. The predicted molar refractivity (Wildman–Crippen MR) is 96.7 cm³/mol. The second kappa shape index (κ2) is 8.39. The van der Waals surface area contributed by atoms with Crippen LogP contribution in [0.15, 0.2) is 24.3 Å². The molecule has 0 radical (unpaired) electrons. The van der Waals surface area contributed by atoms with E-state index in [0.29, 0.717) is 36.2 Å². The first-order valence-corrected chi connectivity index (χ1v) is 9.15.